The van der Waals surface area contributed by atoms with Crippen molar-refractivity contribution in [3.05, 3.63) is 35.9 Å². The Morgan fingerprint density at radius 2 is 1.60 bits per heavy atom. The molecule has 0 bridgehead atoms. The largest absolute Gasteiger partial charge is 0.466 e. The summed E-state index contributed by atoms with van der Waals surface area (Å²) in [5, 5.41) is 0. The lowest BCUT2D eigenvalue weighted by atomic mass is 9.79. The fourth-order valence-electron chi connectivity index (χ4n) is 2.38. The molecule has 1 atom stereocenters. The van der Waals surface area contributed by atoms with E-state index in [0.29, 0.717) is 0 Å². The van der Waals surface area contributed by atoms with Gasteiger partial charge in [0, 0.05) is 5.92 Å². The molecule has 4 heteroatoms. The number of benzene rings is 1. The van der Waals surface area contributed by atoms with Crippen LogP contribution in [-0.2, 0) is 19.1 Å². The Balaban J connectivity index is 3.09. The van der Waals surface area contributed by atoms with E-state index in [1.807, 2.05) is 30.3 Å². The fourth-order valence-corrected chi connectivity index (χ4v) is 2.38. The van der Waals surface area contributed by atoms with Crippen LogP contribution in [0.15, 0.2) is 30.3 Å². The molecule has 20 heavy (non-hydrogen) atoms. The van der Waals surface area contributed by atoms with Crippen molar-refractivity contribution in [2.45, 2.75) is 33.1 Å². The molecule has 0 spiro atoms. The van der Waals surface area contributed by atoms with Gasteiger partial charge < -0.3 is 4.74 Å². The molecule has 1 aromatic rings. The van der Waals surface area contributed by atoms with E-state index in [-0.39, 0.29) is 24.6 Å². The standard InChI is InChI=1S/C16H20O4/c1-4-20-15(19)10-14(13-8-6-5-7-9-13)16(11(2)17)12(3)18/h5-9,14,16H,4,10H2,1-3H3/t14-/m0/s1. The van der Waals surface area contributed by atoms with Gasteiger partial charge >= 0.3 is 5.97 Å². The summed E-state index contributed by atoms with van der Waals surface area (Å²) in [4.78, 5) is 35.3. The molecule has 0 amide bonds. The SMILES string of the molecule is CCOC(=O)C[C@@H](c1ccccc1)C(C(C)=O)C(C)=O. The van der Waals surface area contributed by atoms with Gasteiger partial charge in [-0.15, -0.1) is 0 Å². The zero-order chi connectivity index (χ0) is 15.1. The van der Waals surface area contributed by atoms with E-state index in [9.17, 15) is 14.4 Å². The molecule has 0 aromatic heterocycles. The second-order valence-corrected chi connectivity index (χ2v) is 4.73. The van der Waals surface area contributed by atoms with E-state index < -0.39 is 17.8 Å². The summed E-state index contributed by atoms with van der Waals surface area (Å²) < 4.78 is 4.94. The Morgan fingerprint density at radius 3 is 2.05 bits per heavy atom. The Kier molecular flexibility index (Phi) is 6.10. The van der Waals surface area contributed by atoms with Crippen molar-refractivity contribution in [2.75, 3.05) is 6.61 Å². The molecule has 0 N–H and O–H groups in total. The lowest BCUT2D eigenvalue weighted by Crippen LogP contribution is -2.29. The topological polar surface area (TPSA) is 60.4 Å². The number of esters is 1. The molecule has 108 valence electrons. The number of ether oxygens (including phenoxy) is 1. The summed E-state index contributed by atoms with van der Waals surface area (Å²) in [6.45, 7) is 4.77. The zero-order valence-corrected chi connectivity index (χ0v) is 12.1. The smallest absolute Gasteiger partial charge is 0.306 e. The first-order chi connectivity index (χ1) is 9.47. The third kappa shape index (κ3) is 4.30. The molecular formula is C16H20O4. The Bertz CT molecular complexity index is 465. The molecule has 0 aliphatic carbocycles. The van der Waals surface area contributed by atoms with Crippen LogP contribution in [0.4, 0.5) is 0 Å². The monoisotopic (exact) mass is 276 g/mol. The molecule has 0 unspecified atom stereocenters. The van der Waals surface area contributed by atoms with Crippen LogP contribution in [0.1, 0.15) is 38.7 Å². The number of ketones is 2. The van der Waals surface area contributed by atoms with Gasteiger partial charge in [-0.25, -0.2) is 0 Å². The summed E-state index contributed by atoms with van der Waals surface area (Å²) in [5.41, 5.74) is 0.802. The average Bonchev–Trinajstić information content (AvgIpc) is 2.38. The number of hydrogen-bond acceptors (Lipinski definition) is 4. The van der Waals surface area contributed by atoms with Gasteiger partial charge in [0.2, 0.25) is 0 Å². The molecule has 4 nitrogen and oxygen atoms in total. The van der Waals surface area contributed by atoms with Crippen LogP contribution in [0.2, 0.25) is 0 Å². The van der Waals surface area contributed by atoms with Crippen molar-refractivity contribution < 1.29 is 19.1 Å². The zero-order valence-electron chi connectivity index (χ0n) is 12.1. The van der Waals surface area contributed by atoms with Gasteiger partial charge in [0.25, 0.3) is 0 Å². The highest BCUT2D eigenvalue weighted by Crippen LogP contribution is 2.30. The van der Waals surface area contributed by atoms with Crippen LogP contribution in [0.5, 0.6) is 0 Å². The molecule has 0 fully saturated rings. The van der Waals surface area contributed by atoms with E-state index in [4.69, 9.17) is 4.74 Å². The molecule has 0 saturated heterocycles. The Labute approximate surface area is 119 Å². The highest BCUT2D eigenvalue weighted by atomic mass is 16.5. The number of hydrogen-bond donors (Lipinski definition) is 0. The fraction of sp³-hybridized carbons (Fsp3) is 0.438. The van der Waals surface area contributed by atoms with Crippen molar-refractivity contribution in [2.24, 2.45) is 5.92 Å². The van der Waals surface area contributed by atoms with E-state index in [1.54, 1.807) is 6.92 Å². The second-order valence-electron chi connectivity index (χ2n) is 4.73. The summed E-state index contributed by atoms with van der Waals surface area (Å²) in [7, 11) is 0. The average molecular weight is 276 g/mol. The van der Waals surface area contributed by atoms with E-state index in [2.05, 4.69) is 0 Å². The molecule has 1 rings (SSSR count). The van der Waals surface area contributed by atoms with Crippen LogP contribution in [0.25, 0.3) is 0 Å². The van der Waals surface area contributed by atoms with E-state index >= 15 is 0 Å². The molecule has 0 radical (unpaired) electrons. The quantitative estimate of drug-likeness (QED) is 0.567. The summed E-state index contributed by atoms with van der Waals surface area (Å²) in [6, 6.07) is 9.14. The maximum absolute atomic E-state index is 11.8. The van der Waals surface area contributed by atoms with Gasteiger partial charge in [0.15, 0.2) is 0 Å². The third-order valence-electron chi connectivity index (χ3n) is 3.20. The van der Waals surface area contributed by atoms with Gasteiger partial charge in [-0.1, -0.05) is 30.3 Å². The normalized spacial score (nSPS) is 12.0. The minimum atomic E-state index is -0.804. The maximum Gasteiger partial charge on any atom is 0.306 e. The van der Waals surface area contributed by atoms with Crippen molar-refractivity contribution in [1.29, 1.82) is 0 Å². The van der Waals surface area contributed by atoms with Crippen molar-refractivity contribution >= 4 is 17.5 Å². The molecule has 0 heterocycles. The minimum absolute atomic E-state index is 0.0294. The van der Waals surface area contributed by atoms with Crippen LogP contribution in [0.3, 0.4) is 0 Å². The van der Waals surface area contributed by atoms with Crippen molar-refractivity contribution in [3.63, 3.8) is 0 Å². The summed E-state index contributed by atoms with van der Waals surface area (Å²) in [6.07, 6.45) is 0.0294. The third-order valence-corrected chi connectivity index (χ3v) is 3.20. The number of carbonyl (C=O) groups is 3. The number of rotatable bonds is 7. The van der Waals surface area contributed by atoms with E-state index in [0.717, 1.165) is 5.56 Å². The molecular weight excluding hydrogens is 256 g/mol. The van der Waals surface area contributed by atoms with E-state index in [1.165, 1.54) is 13.8 Å². The van der Waals surface area contributed by atoms with Crippen LogP contribution >= 0.6 is 0 Å². The van der Waals surface area contributed by atoms with Crippen molar-refractivity contribution in [3.8, 4) is 0 Å². The summed E-state index contributed by atoms with van der Waals surface area (Å²) >= 11 is 0. The predicted octanol–water partition coefficient (Wildman–Crippen LogP) is 2.52. The van der Waals surface area contributed by atoms with Gasteiger partial charge in [-0.05, 0) is 26.3 Å². The lowest BCUT2D eigenvalue weighted by Gasteiger charge is -2.23. The Morgan fingerprint density at radius 1 is 1.05 bits per heavy atom. The van der Waals surface area contributed by atoms with Gasteiger partial charge in [-0.3, -0.25) is 14.4 Å². The minimum Gasteiger partial charge on any atom is -0.466 e. The molecule has 0 saturated carbocycles. The predicted molar refractivity (Wildman–Crippen MR) is 75.3 cm³/mol. The summed E-state index contributed by atoms with van der Waals surface area (Å²) in [5.74, 6) is -2.12. The first kappa shape index (κ1) is 16.1. The lowest BCUT2D eigenvalue weighted by molar-refractivity contribution is -0.144. The van der Waals surface area contributed by atoms with Gasteiger partial charge in [0.05, 0.1) is 18.9 Å². The first-order valence-corrected chi connectivity index (χ1v) is 6.68. The second kappa shape index (κ2) is 7.58. The van der Waals surface area contributed by atoms with Gasteiger partial charge in [0.1, 0.15) is 11.6 Å². The van der Waals surface area contributed by atoms with Gasteiger partial charge in [-0.2, -0.15) is 0 Å². The van der Waals surface area contributed by atoms with Crippen LogP contribution in [0, 0.1) is 5.92 Å². The highest BCUT2D eigenvalue weighted by molar-refractivity contribution is 6.01. The molecule has 0 aliphatic rings. The highest BCUT2D eigenvalue weighted by Gasteiger charge is 2.32. The molecule has 0 aliphatic heterocycles. The maximum atomic E-state index is 11.8. The number of Topliss-reactive ketones (excluding diaryl/α,β-unsaturated/α-hetero) is 2. The van der Waals surface area contributed by atoms with Crippen LogP contribution < -0.4 is 0 Å². The van der Waals surface area contributed by atoms with Crippen molar-refractivity contribution in [1.82, 2.24) is 0 Å². The Hall–Kier alpha value is -1.97. The number of carbonyl (C=O) groups excluding carboxylic acids is 3. The molecule has 1 aromatic carbocycles. The first-order valence-electron chi connectivity index (χ1n) is 6.68. The van der Waals surface area contributed by atoms with Crippen LogP contribution in [-0.4, -0.2) is 24.1 Å².